The quantitative estimate of drug-likeness (QED) is 0.479. The zero-order valence-corrected chi connectivity index (χ0v) is 14.3. The molecule has 2 heterocycles. The highest BCUT2D eigenvalue weighted by molar-refractivity contribution is 8.00. The van der Waals surface area contributed by atoms with Crippen molar-refractivity contribution < 1.29 is 18.3 Å². The number of ether oxygens (including phenoxy) is 1. The number of benzene rings is 1. The van der Waals surface area contributed by atoms with Crippen LogP contribution in [0.3, 0.4) is 0 Å². The van der Waals surface area contributed by atoms with Crippen molar-refractivity contribution in [1.29, 1.82) is 0 Å². The van der Waals surface area contributed by atoms with Crippen molar-refractivity contribution in [2.75, 3.05) is 5.75 Å². The first-order chi connectivity index (χ1) is 11.6. The molecule has 3 aromatic rings. The fourth-order valence-electron chi connectivity index (χ4n) is 1.88. The van der Waals surface area contributed by atoms with Crippen molar-refractivity contribution in [1.82, 2.24) is 10.2 Å². The van der Waals surface area contributed by atoms with E-state index in [1.807, 2.05) is 17.5 Å². The summed E-state index contributed by atoms with van der Waals surface area (Å²) in [6.45, 7) is 1.65. The van der Waals surface area contributed by atoms with Gasteiger partial charge in [0.05, 0.1) is 10.6 Å². The number of aromatic nitrogens is 2. The summed E-state index contributed by atoms with van der Waals surface area (Å²) in [5, 5.41) is 9.75. The van der Waals surface area contributed by atoms with E-state index in [-0.39, 0.29) is 17.5 Å². The minimum absolute atomic E-state index is 0.00279. The Morgan fingerprint density at radius 2 is 2.17 bits per heavy atom. The van der Waals surface area contributed by atoms with Crippen LogP contribution in [0.5, 0.6) is 0 Å². The van der Waals surface area contributed by atoms with Crippen LogP contribution in [-0.4, -0.2) is 21.9 Å². The Balaban J connectivity index is 1.55. The summed E-state index contributed by atoms with van der Waals surface area (Å²) >= 11 is 2.56. The molecule has 0 amide bonds. The van der Waals surface area contributed by atoms with Gasteiger partial charge in [-0.25, -0.2) is 4.39 Å². The van der Waals surface area contributed by atoms with Crippen LogP contribution in [0.2, 0.25) is 0 Å². The van der Waals surface area contributed by atoms with Gasteiger partial charge in [-0.1, -0.05) is 18.2 Å². The summed E-state index contributed by atoms with van der Waals surface area (Å²) in [6, 6.07) is 10.0. The van der Waals surface area contributed by atoms with Crippen LogP contribution < -0.4 is 0 Å². The topological polar surface area (TPSA) is 65.2 Å². The molecule has 8 heteroatoms. The third-order valence-corrected chi connectivity index (χ3v) is 4.89. The molecule has 0 aliphatic heterocycles. The molecular weight excluding hydrogens is 351 g/mol. The Bertz CT molecular complexity index is 820. The van der Waals surface area contributed by atoms with Gasteiger partial charge in [-0.3, -0.25) is 4.79 Å². The van der Waals surface area contributed by atoms with E-state index in [1.165, 1.54) is 17.4 Å². The van der Waals surface area contributed by atoms with Gasteiger partial charge < -0.3 is 9.15 Å². The van der Waals surface area contributed by atoms with Gasteiger partial charge in [0.2, 0.25) is 0 Å². The van der Waals surface area contributed by atoms with Crippen LogP contribution in [0, 0.1) is 5.82 Å². The number of nitrogens with zero attached hydrogens (tertiary/aromatic N) is 2. The number of carbonyl (C=O) groups excluding carboxylic acids is 1. The molecule has 0 radical (unpaired) electrons. The smallest absolute Gasteiger partial charge is 0.317 e. The van der Waals surface area contributed by atoms with Crippen LogP contribution in [-0.2, 0) is 9.53 Å². The average molecular weight is 364 g/mol. The maximum Gasteiger partial charge on any atom is 0.317 e. The largest absolute Gasteiger partial charge is 0.452 e. The molecule has 24 heavy (non-hydrogen) atoms. The van der Waals surface area contributed by atoms with E-state index in [0.29, 0.717) is 10.8 Å². The first kappa shape index (κ1) is 16.7. The molecule has 124 valence electrons. The molecule has 0 fully saturated rings. The summed E-state index contributed by atoms with van der Waals surface area (Å²) in [5.74, 6) is -0.226. The number of hydrogen-bond donors (Lipinski definition) is 0. The van der Waals surface area contributed by atoms with E-state index in [4.69, 9.17) is 9.15 Å². The summed E-state index contributed by atoms with van der Waals surface area (Å²) < 4.78 is 24.3. The van der Waals surface area contributed by atoms with Crippen LogP contribution in [0.4, 0.5) is 4.39 Å². The molecule has 0 spiro atoms. The number of hydrogen-bond acceptors (Lipinski definition) is 7. The first-order valence-electron chi connectivity index (χ1n) is 7.07. The van der Waals surface area contributed by atoms with E-state index >= 15 is 0 Å². The highest BCUT2D eigenvalue weighted by atomic mass is 32.2. The zero-order chi connectivity index (χ0) is 16.9. The van der Waals surface area contributed by atoms with Crippen molar-refractivity contribution >= 4 is 29.1 Å². The van der Waals surface area contributed by atoms with Gasteiger partial charge in [-0.15, -0.1) is 33.3 Å². The lowest BCUT2D eigenvalue weighted by atomic mass is 10.3. The third-order valence-electron chi connectivity index (χ3n) is 3.01. The molecule has 0 unspecified atom stereocenters. The lowest BCUT2D eigenvalue weighted by molar-refractivity contribution is -0.146. The molecule has 0 aliphatic carbocycles. The second-order valence-electron chi connectivity index (χ2n) is 4.77. The average Bonchev–Trinajstić information content (AvgIpc) is 3.25. The van der Waals surface area contributed by atoms with Crippen LogP contribution in [0.15, 0.2) is 51.1 Å². The normalized spacial score (nSPS) is 12.1. The van der Waals surface area contributed by atoms with Gasteiger partial charge >= 0.3 is 5.97 Å². The molecule has 3 rings (SSSR count). The van der Waals surface area contributed by atoms with Crippen molar-refractivity contribution in [2.45, 2.75) is 17.9 Å². The zero-order valence-electron chi connectivity index (χ0n) is 12.6. The molecule has 0 saturated heterocycles. The summed E-state index contributed by atoms with van der Waals surface area (Å²) in [4.78, 5) is 13.1. The number of carbonyl (C=O) groups is 1. The summed E-state index contributed by atoms with van der Waals surface area (Å²) in [6.07, 6.45) is -0.667. The fraction of sp³-hybridized carbons (Fsp3) is 0.188. The molecule has 5 nitrogen and oxygen atoms in total. The number of halogens is 1. The Morgan fingerprint density at radius 1 is 1.33 bits per heavy atom. The lowest BCUT2D eigenvalue weighted by Gasteiger charge is -2.09. The lowest BCUT2D eigenvalue weighted by Crippen LogP contribution is -2.11. The fourth-order valence-corrected chi connectivity index (χ4v) is 3.25. The Morgan fingerprint density at radius 3 is 2.92 bits per heavy atom. The standard InChI is InChI=1S/C16H13FN2O3S2/c1-10(15-18-19-16(22-15)13-7-4-8-23-13)21-14(20)9-24-12-6-3-2-5-11(12)17/h2-8,10H,9H2,1H3/t10-/m1/s1. The van der Waals surface area contributed by atoms with E-state index in [0.717, 1.165) is 16.6 Å². The van der Waals surface area contributed by atoms with E-state index in [2.05, 4.69) is 10.2 Å². The molecule has 0 saturated carbocycles. The van der Waals surface area contributed by atoms with Gasteiger partial charge in [0.15, 0.2) is 6.10 Å². The predicted molar refractivity (Wildman–Crippen MR) is 89.2 cm³/mol. The van der Waals surface area contributed by atoms with Crippen LogP contribution >= 0.6 is 23.1 Å². The molecule has 2 aromatic heterocycles. The Labute approximate surface area is 145 Å². The Kier molecular flexibility index (Phi) is 5.27. The second-order valence-corrected chi connectivity index (χ2v) is 6.74. The number of esters is 1. The summed E-state index contributed by atoms with van der Waals surface area (Å²) in [5.41, 5.74) is 0. The van der Waals surface area contributed by atoms with Gasteiger partial charge in [-0.2, -0.15) is 0 Å². The molecule has 0 N–H and O–H groups in total. The van der Waals surface area contributed by atoms with E-state index in [1.54, 1.807) is 25.1 Å². The van der Waals surface area contributed by atoms with Crippen molar-refractivity contribution in [2.24, 2.45) is 0 Å². The third kappa shape index (κ3) is 4.01. The minimum atomic E-state index is -0.667. The Hall–Kier alpha value is -2.19. The van der Waals surface area contributed by atoms with E-state index < -0.39 is 12.1 Å². The molecule has 0 aliphatic rings. The minimum Gasteiger partial charge on any atom is -0.452 e. The van der Waals surface area contributed by atoms with Crippen LogP contribution in [0.1, 0.15) is 18.9 Å². The molecular formula is C16H13FN2O3S2. The predicted octanol–water partition coefficient (Wildman–Crippen LogP) is 4.33. The second kappa shape index (κ2) is 7.59. The van der Waals surface area contributed by atoms with Gasteiger partial charge in [0.25, 0.3) is 11.8 Å². The SMILES string of the molecule is C[C@@H](OC(=O)CSc1ccccc1F)c1nnc(-c2cccs2)o1. The summed E-state index contributed by atoms with van der Waals surface area (Å²) in [7, 11) is 0. The highest BCUT2D eigenvalue weighted by Gasteiger charge is 2.19. The van der Waals surface area contributed by atoms with E-state index in [9.17, 15) is 9.18 Å². The van der Waals surface area contributed by atoms with Crippen molar-refractivity contribution in [3.05, 3.63) is 53.5 Å². The van der Waals surface area contributed by atoms with Gasteiger partial charge in [0, 0.05) is 4.90 Å². The van der Waals surface area contributed by atoms with Crippen molar-refractivity contribution in [3.63, 3.8) is 0 Å². The maximum absolute atomic E-state index is 13.5. The molecule has 1 atom stereocenters. The van der Waals surface area contributed by atoms with Gasteiger partial charge in [0.1, 0.15) is 5.82 Å². The molecule has 1 aromatic carbocycles. The maximum atomic E-state index is 13.5. The van der Waals surface area contributed by atoms with Crippen LogP contribution in [0.25, 0.3) is 10.8 Å². The first-order valence-corrected chi connectivity index (χ1v) is 8.94. The molecule has 0 bridgehead atoms. The van der Waals surface area contributed by atoms with Gasteiger partial charge in [-0.05, 0) is 30.5 Å². The number of thiophene rings is 1. The number of rotatable bonds is 6. The highest BCUT2D eigenvalue weighted by Crippen LogP contribution is 2.26. The monoisotopic (exact) mass is 364 g/mol. The van der Waals surface area contributed by atoms with Crippen molar-refractivity contribution in [3.8, 4) is 10.8 Å². The number of thioether (sulfide) groups is 1.